The van der Waals surface area contributed by atoms with Gasteiger partial charge in [-0.2, -0.15) is 5.10 Å². The van der Waals surface area contributed by atoms with E-state index in [0.717, 1.165) is 22.6 Å². The maximum absolute atomic E-state index is 12.0. The molecule has 0 saturated heterocycles. The summed E-state index contributed by atoms with van der Waals surface area (Å²) in [5.41, 5.74) is 3.33. The molecule has 100 valence electrons. The molecule has 5 heteroatoms. The molecule has 0 aliphatic rings. The number of aromatic nitrogens is 2. The van der Waals surface area contributed by atoms with Crippen molar-refractivity contribution in [3.63, 3.8) is 0 Å². The maximum atomic E-state index is 12.0. The van der Waals surface area contributed by atoms with Gasteiger partial charge in [-0.05, 0) is 26.0 Å². The molecule has 1 unspecified atom stereocenters. The highest BCUT2D eigenvalue weighted by Crippen LogP contribution is 2.25. The van der Waals surface area contributed by atoms with E-state index in [0.29, 0.717) is 0 Å². The van der Waals surface area contributed by atoms with Crippen LogP contribution in [0.3, 0.4) is 0 Å². The first-order chi connectivity index (χ1) is 9.13. The molecule has 19 heavy (non-hydrogen) atoms. The third-order valence-corrected chi connectivity index (χ3v) is 3.00. The van der Waals surface area contributed by atoms with Crippen LogP contribution in [0, 0.1) is 13.8 Å². The molecule has 1 aromatic carbocycles. The van der Waals surface area contributed by atoms with Crippen molar-refractivity contribution in [3.8, 4) is 0 Å². The van der Waals surface area contributed by atoms with Crippen LogP contribution < -0.4 is 5.32 Å². The van der Waals surface area contributed by atoms with Gasteiger partial charge < -0.3 is 10.1 Å². The first kappa shape index (κ1) is 13.1. The van der Waals surface area contributed by atoms with Gasteiger partial charge in [0.1, 0.15) is 0 Å². The summed E-state index contributed by atoms with van der Waals surface area (Å²) >= 11 is 0. The van der Waals surface area contributed by atoms with Crippen LogP contribution >= 0.6 is 0 Å². The first-order valence-electron chi connectivity index (χ1n) is 6.04. The van der Waals surface area contributed by atoms with E-state index in [1.54, 1.807) is 0 Å². The van der Waals surface area contributed by atoms with Crippen molar-refractivity contribution in [1.82, 2.24) is 10.2 Å². The summed E-state index contributed by atoms with van der Waals surface area (Å²) in [5, 5.41) is 10.2. The molecule has 2 rings (SSSR count). The number of para-hydroxylation sites is 1. The second kappa shape index (κ2) is 5.56. The monoisotopic (exact) mass is 259 g/mol. The summed E-state index contributed by atoms with van der Waals surface area (Å²) in [6, 6.07) is 8.98. The third-order valence-electron chi connectivity index (χ3n) is 3.00. The zero-order valence-electron chi connectivity index (χ0n) is 11.2. The average Bonchev–Trinajstić information content (AvgIpc) is 2.76. The molecule has 0 aliphatic carbocycles. The molecular formula is C14H17N3O2. The molecule has 2 aromatic rings. The summed E-state index contributed by atoms with van der Waals surface area (Å²) in [5.74, 6) is -0.337. The van der Waals surface area contributed by atoms with Crippen LogP contribution in [-0.4, -0.2) is 23.3 Å². The first-order valence-corrected chi connectivity index (χ1v) is 6.04. The minimum absolute atomic E-state index is 0.337. The van der Waals surface area contributed by atoms with Crippen LogP contribution in [-0.2, 0) is 9.53 Å². The van der Waals surface area contributed by atoms with Crippen LogP contribution in [0.2, 0.25) is 0 Å². The van der Waals surface area contributed by atoms with Gasteiger partial charge in [-0.15, -0.1) is 0 Å². The van der Waals surface area contributed by atoms with Crippen LogP contribution in [0.5, 0.6) is 0 Å². The van der Waals surface area contributed by atoms with E-state index in [1.807, 2.05) is 44.2 Å². The Labute approximate surface area is 112 Å². The van der Waals surface area contributed by atoms with E-state index in [4.69, 9.17) is 4.74 Å². The highest BCUT2D eigenvalue weighted by Gasteiger charge is 2.26. The summed E-state index contributed by atoms with van der Waals surface area (Å²) in [7, 11) is 1.38. The summed E-state index contributed by atoms with van der Waals surface area (Å²) in [6.45, 7) is 3.75. The van der Waals surface area contributed by atoms with Gasteiger partial charge in [-0.25, -0.2) is 4.79 Å². The highest BCUT2D eigenvalue weighted by atomic mass is 16.5. The summed E-state index contributed by atoms with van der Waals surface area (Å²) in [6.07, 6.45) is 0. The van der Waals surface area contributed by atoms with E-state index in [-0.39, 0.29) is 5.97 Å². The molecule has 0 radical (unpaired) electrons. The molecule has 0 saturated carbocycles. The Hall–Kier alpha value is -2.30. The Balaban J connectivity index is 2.35. The van der Waals surface area contributed by atoms with Crippen molar-refractivity contribution in [2.45, 2.75) is 19.9 Å². The topological polar surface area (TPSA) is 67.0 Å². The number of aromatic amines is 1. The fourth-order valence-corrected chi connectivity index (χ4v) is 2.05. The van der Waals surface area contributed by atoms with Crippen molar-refractivity contribution in [3.05, 3.63) is 47.3 Å². The van der Waals surface area contributed by atoms with Gasteiger partial charge in [0.05, 0.1) is 12.8 Å². The molecule has 0 aliphatic heterocycles. The van der Waals surface area contributed by atoms with Crippen molar-refractivity contribution in [1.29, 1.82) is 0 Å². The number of esters is 1. The van der Waals surface area contributed by atoms with E-state index < -0.39 is 6.04 Å². The van der Waals surface area contributed by atoms with Crippen LogP contribution in [0.4, 0.5) is 5.69 Å². The van der Waals surface area contributed by atoms with Gasteiger partial charge in [0.2, 0.25) is 0 Å². The van der Waals surface area contributed by atoms with Crippen molar-refractivity contribution in [2.75, 3.05) is 12.4 Å². The molecule has 0 fully saturated rings. The Morgan fingerprint density at radius 1 is 1.32 bits per heavy atom. The predicted molar refractivity (Wildman–Crippen MR) is 72.9 cm³/mol. The number of ether oxygens (including phenoxy) is 1. The molecular weight excluding hydrogens is 242 g/mol. The largest absolute Gasteiger partial charge is 0.467 e. The lowest BCUT2D eigenvalue weighted by Gasteiger charge is -2.18. The second-order valence-corrected chi connectivity index (χ2v) is 4.31. The minimum Gasteiger partial charge on any atom is -0.467 e. The van der Waals surface area contributed by atoms with E-state index in [9.17, 15) is 4.79 Å². The zero-order chi connectivity index (χ0) is 13.8. The Morgan fingerprint density at radius 3 is 2.53 bits per heavy atom. The number of H-pyrrole nitrogens is 1. The standard InChI is InChI=1S/C14H17N3O2/c1-9-12(10(2)17-16-9)13(14(18)19-3)15-11-7-5-4-6-8-11/h4-8,13,15H,1-3H3,(H,16,17). The number of hydrogen-bond donors (Lipinski definition) is 2. The summed E-state index contributed by atoms with van der Waals surface area (Å²) in [4.78, 5) is 12.0. The fourth-order valence-electron chi connectivity index (χ4n) is 2.05. The minimum atomic E-state index is -0.564. The van der Waals surface area contributed by atoms with E-state index in [2.05, 4.69) is 15.5 Å². The quantitative estimate of drug-likeness (QED) is 0.827. The maximum Gasteiger partial charge on any atom is 0.333 e. The summed E-state index contributed by atoms with van der Waals surface area (Å²) < 4.78 is 4.88. The van der Waals surface area contributed by atoms with E-state index in [1.165, 1.54) is 7.11 Å². The Bertz CT molecular complexity index is 544. The average molecular weight is 259 g/mol. The number of anilines is 1. The molecule has 1 heterocycles. The number of rotatable bonds is 4. The third kappa shape index (κ3) is 2.76. The normalized spacial score (nSPS) is 11.9. The number of carbonyl (C=O) groups is 1. The number of aryl methyl sites for hydroxylation is 2. The Morgan fingerprint density at radius 2 is 2.00 bits per heavy atom. The molecule has 0 spiro atoms. The number of methoxy groups -OCH3 is 1. The molecule has 1 aromatic heterocycles. The van der Waals surface area contributed by atoms with Crippen molar-refractivity contribution >= 4 is 11.7 Å². The lowest BCUT2D eigenvalue weighted by Crippen LogP contribution is -2.23. The van der Waals surface area contributed by atoms with Gasteiger partial charge in [-0.3, -0.25) is 5.10 Å². The van der Waals surface area contributed by atoms with Gasteiger partial charge in [0.15, 0.2) is 6.04 Å². The second-order valence-electron chi connectivity index (χ2n) is 4.31. The number of hydrogen-bond acceptors (Lipinski definition) is 4. The molecule has 5 nitrogen and oxygen atoms in total. The van der Waals surface area contributed by atoms with Crippen LogP contribution in [0.1, 0.15) is 23.0 Å². The molecule has 2 N–H and O–H groups in total. The van der Waals surface area contributed by atoms with Crippen LogP contribution in [0.25, 0.3) is 0 Å². The lowest BCUT2D eigenvalue weighted by molar-refractivity contribution is -0.141. The van der Waals surface area contributed by atoms with Crippen LogP contribution in [0.15, 0.2) is 30.3 Å². The SMILES string of the molecule is COC(=O)C(Nc1ccccc1)c1c(C)n[nH]c1C. The zero-order valence-corrected chi connectivity index (χ0v) is 11.2. The fraction of sp³-hybridized carbons (Fsp3) is 0.286. The van der Waals surface area contributed by atoms with Gasteiger partial charge in [0, 0.05) is 16.9 Å². The van der Waals surface area contributed by atoms with Gasteiger partial charge >= 0.3 is 5.97 Å². The molecule has 1 atom stereocenters. The number of carbonyl (C=O) groups excluding carboxylic acids is 1. The number of nitrogens with zero attached hydrogens (tertiary/aromatic N) is 1. The Kier molecular flexibility index (Phi) is 3.85. The van der Waals surface area contributed by atoms with Gasteiger partial charge in [-0.1, -0.05) is 18.2 Å². The molecule has 0 bridgehead atoms. The predicted octanol–water partition coefficient (Wildman–Crippen LogP) is 2.35. The molecule has 0 amide bonds. The smallest absolute Gasteiger partial charge is 0.333 e. The van der Waals surface area contributed by atoms with Gasteiger partial charge in [0.25, 0.3) is 0 Å². The van der Waals surface area contributed by atoms with Crippen molar-refractivity contribution in [2.24, 2.45) is 0 Å². The number of benzene rings is 1. The number of nitrogens with one attached hydrogen (secondary N) is 2. The van der Waals surface area contributed by atoms with Crippen molar-refractivity contribution < 1.29 is 9.53 Å². The highest BCUT2D eigenvalue weighted by molar-refractivity contribution is 5.81. The van der Waals surface area contributed by atoms with E-state index >= 15 is 0 Å². The lowest BCUT2D eigenvalue weighted by atomic mass is 10.0.